The second-order valence-corrected chi connectivity index (χ2v) is 6.44. The van der Waals surface area contributed by atoms with Gasteiger partial charge in [-0.1, -0.05) is 12.1 Å². The van der Waals surface area contributed by atoms with E-state index in [-0.39, 0.29) is 23.8 Å². The Labute approximate surface area is 169 Å². The average molecular weight is 391 g/mol. The Bertz CT molecular complexity index is 986. The van der Waals surface area contributed by atoms with E-state index in [2.05, 4.69) is 6.58 Å². The van der Waals surface area contributed by atoms with Gasteiger partial charge in [-0.15, -0.1) is 6.58 Å². The van der Waals surface area contributed by atoms with Crippen molar-refractivity contribution in [3.05, 3.63) is 87.5 Å². The molecule has 0 aromatic heterocycles. The number of amides is 1. The van der Waals surface area contributed by atoms with E-state index < -0.39 is 4.92 Å². The molecule has 0 spiro atoms. The third-order valence-electron chi connectivity index (χ3n) is 4.06. The Balaban J connectivity index is 2.23. The summed E-state index contributed by atoms with van der Waals surface area (Å²) >= 11 is 0. The van der Waals surface area contributed by atoms with E-state index in [0.29, 0.717) is 17.7 Å². The van der Waals surface area contributed by atoms with Crippen LogP contribution in [-0.2, 0) is 17.8 Å². The van der Waals surface area contributed by atoms with E-state index in [9.17, 15) is 20.2 Å². The maximum Gasteiger partial charge on any atom is 0.269 e. The number of carbonyl (C=O) groups excluding carboxylic acids is 1. The van der Waals surface area contributed by atoms with Crippen molar-refractivity contribution in [2.45, 2.75) is 13.0 Å². The molecule has 7 nitrogen and oxygen atoms in total. The molecule has 7 heteroatoms. The Kier molecular flexibility index (Phi) is 7.26. The highest BCUT2D eigenvalue weighted by atomic mass is 16.6. The zero-order valence-electron chi connectivity index (χ0n) is 16.3. The number of nitro benzene ring substituents is 1. The summed E-state index contributed by atoms with van der Waals surface area (Å²) in [5, 5.41) is 20.0. The maximum atomic E-state index is 12.0. The average Bonchev–Trinajstić information content (AvgIpc) is 2.71. The molecular formula is C22H21N3O4. The van der Waals surface area contributed by atoms with E-state index in [4.69, 9.17) is 4.74 Å². The lowest BCUT2D eigenvalue weighted by Crippen LogP contribution is -2.22. The first kappa shape index (κ1) is 21.4. The number of hydrogen-bond acceptors (Lipinski definition) is 5. The second kappa shape index (κ2) is 9.85. The minimum absolute atomic E-state index is 0.0257. The molecule has 0 heterocycles. The predicted octanol–water partition coefficient (Wildman–Crippen LogP) is 3.90. The lowest BCUT2D eigenvalue weighted by atomic mass is 10.0. The van der Waals surface area contributed by atoms with Crippen LogP contribution < -0.4 is 4.74 Å². The highest BCUT2D eigenvalue weighted by molar-refractivity contribution is 6.01. The second-order valence-electron chi connectivity index (χ2n) is 6.44. The fourth-order valence-corrected chi connectivity index (χ4v) is 2.57. The number of allylic oxidation sites excluding steroid dienone is 1. The molecule has 2 aromatic rings. The molecule has 0 radical (unpaired) electrons. The molecule has 2 aromatic carbocycles. The number of benzene rings is 2. The highest BCUT2D eigenvalue weighted by Gasteiger charge is 2.12. The lowest BCUT2D eigenvalue weighted by Gasteiger charge is -2.12. The van der Waals surface area contributed by atoms with Crippen LogP contribution in [0, 0.1) is 21.4 Å². The van der Waals surface area contributed by atoms with Gasteiger partial charge >= 0.3 is 0 Å². The van der Waals surface area contributed by atoms with Crippen LogP contribution in [0.25, 0.3) is 6.08 Å². The number of likely N-dealkylation sites (N-methyl/N-ethyl adjacent to an activating group) is 1. The summed E-state index contributed by atoms with van der Waals surface area (Å²) in [5.74, 6) is 0.272. The molecule has 0 aliphatic carbocycles. The van der Waals surface area contributed by atoms with Crippen molar-refractivity contribution < 1.29 is 14.5 Å². The number of hydrogen-bond donors (Lipinski definition) is 0. The quantitative estimate of drug-likeness (QED) is 0.224. The SMILES string of the molecule is C=CCc1cc(/C=C(/C#N)C(=O)N(C)C)ccc1OCc1ccc([N+](=O)[O-])cc1. The van der Waals surface area contributed by atoms with Crippen LogP contribution in [0.15, 0.2) is 60.7 Å². The van der Waals surface area contributed by atoms with Gasteiger partial charge in [0.1, 0.15) is 24.0 Å². The molecule has 148 valence electrons. The molecule has 0 saturated heterocycles. The zero-order chi connectivity index (χ0) is 21.4. The number of carbonyl (C=O) groups is 1. The summed E-state index contributed by atoms with van der Waals surface area (Å²) in [4.78, 5) is 23.7. The summed E-state index contributed by atoms with van der Waals surface area (Å²) in [6, 6.07) is 13.5. The van der Waals surface area contributed by atoms with Crippen molar-refractivity contribution in [1.82, 2.24) is 4.90 Å². The zero-order valence-corrected chi connectivity index (χ0v) is 16.3. The molecule has 0 bridgehead atoms. The first-order valence-corrected chi connectivity index (χ1v) is 8.79. The van der Waals surface area contributed by atoms with E-state index in [1.54, 1.807) is 44.4 Å². The minimum atomic E-state index is -0.449. The van der Waals surface area contributed by atoms with Crippen LogP contribution in [0.3, 0.4) is 0 Å². The Morgan fingerprint density at radius 2 is 1.97 bits per heavy atom. The van der Waals surface area contributed by atoms with Crippen LogP contribution in [-0.4, -0.2) is 29.8 Å². The Morgan fingerprint density at radius 1 is 1.28 bits per heavy atom. The summed E-state index contributed by atoms with van der Waals surface area (Å²) in [5.41, 5.74) is 2.42. The van der Waals surface area contributed by atoms with Gasteiger partial charge in [0.15, 0.2) is 0 Å². The van der Waals surface area contributed by atoms with Crippen LogP contribution >= 0.6 is 0 Å². The van der Waals surface area contributed by atoms with Crippen molar-refractivity contribution >= 4 is 17.7 Å². The first-order chi connectivity index (χ1) is 13.8. The summed E-state index contributed by atoms with van der Waals surface area (Å²) in [7, 11) is 3.18. The third kappa shape index (κ3) is 5.78. The molecule has 0 unspecified atom stereocenters. The first-order valence-electron chi connectivity index (χ1n) is 8.79. The molecule has 0 N–H and O–H groups in total. The molecule has 0 aliphatic heterocycles. The van der Waals surface area contributed by atoms with E-state index in [0.717, 1.165) is 11.1 Å². The molecule has 0 saturated carbocycles. The molecule has 1 amide bonds. The smallest absolute Gasteiger partial charge is 0.269 e. The van der Waals surface area contributed by atoms with Crippen molar-refractivity contribution in [3.63, 3.8) is 0 Å². The number of nitriles is 1. The monoisotopic (exact) mass is 391 g/mol. The largest absolute Gasteiger partial charge is 0.489 e. The number of nitro groups is 1. The Hall–Kier alpha value is -3.92. The molecule has 0 aliphatic rings. The molecule has 2 rings (SSSR count). The van der Waals surface area contributed by atoms with Crippen LogP contribution in [0.5, 0.6) is 5.75 Å². The predicted molar refractivity (Wildman–Crippen MR) is 110 cm³/mol. The van der Waals surface area contributed by atoms with Crippen molar-refractivity contribution in [2.75, 3.05) is 14.1 Å². The van der Waals surface area contributed by atoms with Gasteiger partial charge in [-0.2, -0.15) is 5.26 Å². The molecule has 0 fully saturated rings. The van der Waals surface area contributed by atoms with E-state index in [1.165, 1.54) is 23.1 Å². The number of nitrogens with zero attached hydrogens (tertiary/aromatic N) is 3. The standard InChI is InChI=1S/C22H21N3O4/c1-4-5-18-12-17(13-19(14-23)22(26)24(2)3)8-11-21(18)29-15-16-6-9-20(10-7-16)25(27)28/h4,6-13H,1,5,15H2,2-3H3/b19-13-. The fraction of sp³-hybridized carbons (Fsp3) is 0.182. The van der Waals surface area contributed by atoms with Gasteiger partial charge in [0.05, 0.1) is 4.92 Å². The number of non-ortho nitro benzene ring substituents is 1. The number of ether oxygens (including phenoxy) is 1. The summed E-state index contributed by atoms with van der Waals surface area (Å²) in [6.07, 6.45) is 3.81. The third-order valence-corrected chi connectivity index (χ3v) is 4.06. The normalized spacial score (nSPS) is 10.7. The molecule has 29 heavy (non-hydrogen) atoms. The van der Waals surface area contributed by atoms with Gasteiger partial charge in [-0.05, 0) is 53.5 Å². The van der Waals surface area contributed by atoms with Crippen molar-refractivity contribution in [2.24, 2.45) is 0 Å². The topological polar surface area (TPSA) is 96.5 Å². The van der Waals surface area contributed by atoms with Crippen molar-refractivity contribution in [3.8, 4) is 11.8 Å². The van der Waals surface area contributed by atoms with Crippen LogP contribution in [0.2, 0.25) is 0 Å². The van der Waals surface area contributed by atoms with Crippen LogP contribution in [0.4, 0.5) is 5.69 Å². The van der Waals surface area contributed by atoms with Gasteiger partial charge in [0.25, 0.3) is 11.6 Å². The fourth-order valence-electron chi connectivity index (χ4n) is 2.57. The summed E-state index contributed by atoms with van der Waals surface area (Å²) < 4.78 is 5.87. The van der Waals surface area contributed by atoms with E-state index in [1.807, 2.05) is 12.1 Å². The van der Waals surface area contributed by atoms with Gasteiger partial charge in [-0.3, -0.25) is 14.9 Å². The van der Waals surface area contributed by atoms with Crippen LogP contribution in [0.1, 0.15) is 16.7 Å². The van der Waals surface area contributed by atoms with Gasteiger partial charge in [-0.25, -0.2) is 0 Å². The highest BCUT2D eigenvalue weighted by Crippen LogP contribution is 2.24. The molecule has 0 atom stereocenters. The molecular weight excluding hydrogens is 370 g/mol. The maximum absolute atomic E-state index is 12.0. The van der Waals surface area contributed by atoms with Gasteiger partial charge in [0.2, 0.25) is 0 Å². The van der Waals surface area contributed by atoms with Gasteiger partial charge < -0.3 is 9.64 Å². The summed E-state index contributed by atoms with van der Waals surface area (Å²) in [6.45, 7) is 4.00. The lowest BCUT2D eigenvalue weighted by molar-refractivity contribution is -0.384. The Morgan fingerprint density at radius 3 is 2.52 bits per heavy atom. The minimum Gasteiger partial charge on any atom is -0.489 e. The van der Waals surface area contributed by atoms with Crippen molar-refractivity contribution in [1.29, 1.82) is 5.26 Å². The number of rotatable bonds is 8. The van der Waals surface area contributed by atoms with Gasteiger partial charge in [0, 0.05) is 26.2 Å². The van der Waals surface area contributed by atoms with E-state index >= 15 is 0 Å².